The van der Waals surface area contributed by atoms with Crippen molar-refractivity contribution in [1.82, 2.24) is 10.2 Å². The van der Waals surface area contributed by atoms with Gasteiger partial charge in [0.25, 0.3) is 0 Å². The Kier molecular flexibility index (Phi) is 6.86. The molecule has 1 saturated carbocycles. The van der Waals surface area contributed by atoms with Gasteiger partial charge in [-0.1, -0.05) is 19.3 Å². The van der Waals surface area contributed by atoms with Gasteiger partial charge in [-0.25, -0.2) is 0 Å². The monoisotopic (exact) mass is 265 g/mol. The Bertz CT molecular complexity index is 320. The van der Waals surface area contributed by atoms with E-state index in [1.165, 1.54) is 6.42 Å². The second-order valence-corrected chi connectivity index (χ2v) is 5.38. The molecule has 1 fully saturated rings. The number of rotatable bonds is 5. The Labute approximate surface area is 117 Å². The van der Waals surface area contributed by atoms with E-state index in [9.17, 15) is 10.1 Å². The minimum atomic E-state index is -0.196. The molecule has 0 aromatic carbocycles. The molecule has 1 N–H and O–H groups in total. The van der Waals surface area contributed by atoms with Crippen molar-refractivity contribution < 1.29 is 4.79 Å². The van der Waals surface area contributed by atoms with Gasteiger partial charge < -0.3 is 10.2 Å². The van der Waals surface area contributed by atoms with E-state index in [2.05, 4.69) is 11.4 Å². The molecule has 4 heteroatoms. The van der Waals surface area contributed by atoms with Crippen LogP contribution < -0.4 is 5.32 Å². The van der Waals surface area contributed by atoms with Gasteiger partial charge in [-0.2, -0.15) is 5.26 Å². The molecule has 0 aromatic heterocycles. The molecule has 0 aliphatic heterocycles. The average Bonchev–Trinajstić information content (AvgIpc) is 2.64. The van der Waals surface area contributed by atoms with Crippen LogP contribution in [0.15, 0.2) is 0 Å². The van der Waals surface area contributed by atoms with Crippen LogP contribution in [0.4, 0.5) is 0 Å². The predicted molar refractivity (Wildman–Crippen MR) is 76.5 cm³/mol. The molecule has 0 bridgehead atoms. The number of nitrogens with one attached hydrogen (secondary N) is 1. The zero-order chi connectivity index (χ0) is 14.3. The lowest BCUT2D eigenvalue weighted by molar-refractivity contribution is -0.132. The molecule has 3 unspecified atom stereocenters. The van der Waals surface area contributed by atoms with E-state index >= 15 is 0 Å². The fraction of sp³-hybridized carbons (Fsp3) is 0.867. The van der Waals surface area contributed by atoms with Crippen molar-refractivity contribution in [2.24, 2.45) is 5.92 Å². The Balaban J connectivity index is 2.60. The van der Waals surface area contributed by atoms with Crippen molar-refractivity contribution >= 4 is 5.91 Å². The molecular formula is C15H27N3O. The van der Waals surface area contributed by atoms with Gasteiger partial charge >= 0.3 is 0 Å². The van der Waals surface area contributed by atoms with Gasteiger partial charge in [-0.3, -0.25) is 4.79 Å². The first kappa shape index (κ1) is 16.0. The Morgan fingerprint density at radius 2 is 1.95 bits per heavy atom. The third kappa shape index (κ3) is 4.50. The van der Waals surface area contributed by atoms with Crippen molar-refractivity contribution in [3.63, 3.8) is 0 Å². The molecule has 1 rings (SSSR count). The van der Waals surface area contributed by atoms with Gasteiger partial charge in [-0.15, -0.1) is 0 Å². The average molecular weight is 265 g/mol. The van der Waals surface area contributed by atoms with Crippen LogP contribution in [0.1, 0.15) is 52.9 Å². The maximum atomic E-state index is 12.2. The number of carbonyl (C=O) groups excluding carboxylic acids is 1. The molecule has 0 saturated heterocycles. The summed E-state index contributed by atoms with van der Waals surface area (Å²) in [5, 5.41) is 12.6. The van der Waals surface area contributed by atoms with Crippen molar-refractivity contribution in [3.8, 4) is 6.07 Å². The third-order valence-electron chi connectivity index (χ3n) is 4.09. The van der Waals surface area contributed by atoms with Crippen molar-refractivity contribution in [2.45, 2.75) is 65.0 Å². The van der Waals surface area contributed by atoms with Crippen LogP contribution in [0.3, 0.4) is 0 Å². The summed E-state index contributed by atoms with van der Waals surface area (Å²) in [5.41, 5.74) is 0. The van der Waals surface area contributed by atoms with Gasteiger partial charge in [0, 0.05) is 19.1 Å². The number of likely N-dealkylation sites (N-methyl/N-ethyl adjacent to an activating group) is 1. The normalized spacial score (nSPS) is 25.2. The number of hydrogen-bond donors (Lipinski definition) is 1. The lowest BCUT2D eigenvalue weighted by atomic mass is 9.95. The Hall–Kier alpha value is -1.08. The van der Waals surface area contributed by atoms with Crippen LogP contribution >= 0.6 is 0 Å². The molecular weight excluding hydrogens is 238 g/mol. The summed E-state index contributed by atoms with van der Waals surface area (Å²) in [7, 11) is 0. The number of hydrogen-bond acceptors (Lipinski definition) is 3. The highest BCUT2D eigenvalue weighted by molar-refractivity contribution is 5.81. The molecule has 0 spiro atoms. The van der Waals surface area contributed by atoms with Crippen LogP contribution in [0, 0.1) is 17.2 Å². The minimum Gasteiger partial charge on any atom is -0.342 e. The summed E-state index contributed by atoms with van der Waals surface area (Å²) in [6.07, 6.45) is 5.46. The van der Waals surface area contributed by atoms with E-state index in [1.54, 1.807) is 0 Å². The second kappa shape index (κ2) is 8.16. The zero-order valence-corrected chi connectivity index (χ0v) is 12.5. The van der Waals surface area contributed by atoms with E-state index in [0.717, 1.165) is 38.8 Å². The molecule has 0 heterocycles. The SMILES string of the molecule is CCN(CC)C(=O)C(C)NC1CCCCCC1C#N. The molecule has 19 heavy (non-hydrogen) atoms. The topological polar surface area (TPSA) is 56.1 Å². The van der Waals surface area contributed by atoms with Crippen molar-refractivity contribution in [2.75, 3.05) is 13.1 Å². The van der Waals surface area contributed by atoms with E-state index in [4.69, 9.17) is 0 Å². The first-order chi connectivity index (χ1) is 9.13. The van der Waals surface area contributed by atoms with Gasteiger partial charge in [0.2, 0.25) is 5.91 Å². The minimum absolute atomic E-state index is 0.0504. The molecule has 108 valence electrons. The second-order valence-electron chi connectivity index (χ2n) is 5.38. The number of nitriles is 1. The van der Waals surface area contributed by atoms with Gasteiger partial charge in [0.1, 0.15) is 0 Å². The molecule has 1 aliphatic rings. The summed E-state index contributed by atoms with van der Waals surface area (Å²) in [6.45, 7) is 7.40. The Morgan fingerprint density at radius 1 is 1.32 bits per heavy atom. The number of nitrogens with zero attached hydrogens (tertiary/aromatic N) is 2. The standard InChI is InChI=1S/C15H27N3O/c1-4-18(5-2)15(19)12(3)17-14-10-8-6-7-9-13(14)11-16/h12-14,17H,4-10H2,1-3H3. The highest BCUT2D eigenvalue weighted by Crippen LogP contribution is 2.23. The van der Waals surface area contributed by atoms with Crippen LogP contribution in [0.25, 0.3) is 0 Å². The highest BCUT2D eigenvalue weighted by atomic mass is 16.2. The summed E-state index contributed by atoms with van der Waals surface area (Å²) in [6, 6.07) is 2.38. The zero-order valence-electron chi connectivity index (χ0n) is 12.5. The van der Waals surface area contributed by atoms with E-state index in [1.807, 2.05) is 25.7 Å². The van der Waals surface area contributed by atoms with Gasteiger partial charge in [0.15, 0.2) is 0 Å². The predicted octanol–water partition coefficient (Wildman–Crippen LogP) is 2.31. The van der Waals surface area contributed by atoms with Crippen LogP contribution in [0.5, 0.6) is 0 Å². The van der Waals surface area contributed by atoms with Crippen LogP contribution in [-0.4, -0.2) is 36.0 Å². The fourth-order valence-corrected chi connectivity index (χ4v) is 2.86. The maximum absolute atomic E-state index is 12.2. The maximum Gasteiger partial charge on any atom is 0.239 e. The van der Waals surface area contributed by atoms with Gasteiger partial charge in [0.05, 0.1) is 18.0 Å². The summed E-state index contributed by atoms with van der Waals surface area (Å²) in [4.78, 5) is 14.1. The smallest absolute Gasteiger partial charge is 0.239 e. The lowest BCUT2D eigenvalue weighted by Crippen LogP contribution is -2.50. The van der Waals surface area contributed by atoms with E-state index in [-0.39, 0.29) is 23.9 Å². The number of carbonyl (C=O) groups is 1. The van der Waals surface area contributed by atoms with Crippen LogP contribution in [0.2, 0.25) is 0 Å². The third-order valence-corrected chi connectivity index (χ3v) is 4.09. The lowest BCUT2D eigenvalue weighted by Gasteiger charge is -2.28. The number of amides is 1. The Morgan fingerprint density at radius 3 is 2.53 bits per heavy atom. The first-order valence-corrected chi connectivity index (χ1v) is 7.58. The fourth-order valence-electron chi connectivity index (χ4n) is 2.86. The van der Waals surface area contributed by atoms with Crippen molar-refractivity contribution in [3.05, 3.63) is 0 Å². The van der Waals surface area contributed by atoms with Crippen molar-refractivity contribution in [1.29, 1.82) is 5.26 Å². The molecule has 0 aromatic rings. The molecule has 4 nitrogen and oxygen atoms in total. The van der Waals surface area contributed by atoms with E-state index in [0.29, 0.717) is 0 Å². The first-order valence-electron chi connectivity index (χ1n) is 7.58. The summed E-state index contributed by atoms with van der Waals surface area (Å²) in [5.74, 6) is 0.195. The molecule has 0 radical (unpaired) electrons. The van der Waals surface area contributed by atoms with Gasteiger partial charge in [-0.05, 0) is 33.6 Å². The summed E-state index contributed by atoms with van der Waals surface area (Å²) >= 11 is 0. The molecule has 1 amide bonds. The molecule has 1 aliphatic carbocycles. The summed E-state index contributed by atoms with van der Waals surface area (Å²) < 4.78 is 0. The quantitative estimate of drug-likeness (QED) is 0.776. The molecule has 3 atom stereocenters. The largest absolute Gasteiger partial charge is 0.342 e. The van der Waals surface area contributed by atoms with E-state index < -0.39 is 0 Å². The van der Waals surface area contributed by atoms with Crippen LogP contribution in [-0.2, 0) is 4.79 Å². The highest BCUT2D eigenvalue weighted by Gasteiger charge is 2.27.